The van der Waals surface area contributed by atoms with Crippen LogP contribution in [0, 0.1) is 11.3 Å². The lowest BCUT2D eigenvalue weighted by molar-refractivity contribution is 1.08. The third kappa shape index (κ3) is 2.23. The Kier molecular flexibility index (Phi) is 3.39. The largest absolute Gasteiger partial charge is 0.372 e. The number of anilines is 3. The Morgan fingerprint density at radius 3 is 2.78 bits per heavy atom. The Labute approximate surface area is 106 Å². The Hall–Kier alpha value is -2.61. The average Bonchev–Trinajstić information content (AvgIpc) is 2.46. The van der Waals surface area contributed by atoms with Crippen LogP contribution >= 0.6 is 0 Å². The van der Waals surface area contributed by atoms with Crippen molar-refractivity contribution in [3.8, 4) is 6.07 Å². The van der Waals surface area contributed by atoms with Crippen molar-refractivity contribution in [2.75, 3.05) is 24.3 Å². The smallest absolute Gasteiger partial charge is 0.153 e. The molecule has 1 aromatic carbocycles. The molecule has 0 aliphatic carbocycles. The second kappa shape index (κ2) is 5.15. The third-order valence-electron chi connectivity index (χ3n) is 2.61. The SMILES string of the molecule is CNc1cncc(N(C)c2ccccc2C#N)n1. The molecule has 0 radical (unpaired) electrons. The maximum atomic E-state index is 9.09. The summed E-state index contributed by atoms with van der Waals surface area (Å²) in [4.78, 5) is 10.3. The van der Waals surface area contributed by atoms with Gasteiger partial charge in [0, 0.05) is 14.1 Å². The van der Waals surface area contributed by atoms with E-state index in [9.17, 15) is 0 Å². The minimum Gasteiger partial charge on any atom is -0.372 e. The van der Waals surface area contributed by atoms with Crippen molar-refractivity contribution in [2.24, 2.45) is 0 Å². The number of hydrogen-bond donors (Lipinski definition) is 1. The third-order valence-corrected chi connectivity index (χ3v) is 2.61. The van der Waals surface area contributed by atoms with Gasteiger partial charge < -0.3 is 10.2 Å². The molecule has 0 atom stereocenters. The lowest BCUT2D eigenvalue weighted by Crippen LogP contribution is -2.13. The highest BCUT2D eigenvalue weighted by Crippen LogP contribution is 2.25. The molecular formula is C13H13N5. The molecule has 0 saturated heterocycles. The summed E-state index contributed by atoms with van der Waals surface area (Å²) in [5.41, 5.74) is 1.42. The van der Waals surface area contributed by atoms with Crippen LogP contribution in [-0.4, -0.2) is 24.1 Å². The second-order valence-electron chi connectivity index (χ2n) is 3.70. The molecule has 1 aromatic heterocycles. The molecule has 5 nitrogen and oxygen atoms in total. The highest BCUT2D eigenvalue weighted by Gasteiger charge is 2.10. The van der Waals surface area contributed by atoms with Crippen LogP contribution in [0.15, 0.2) is 36.7 Å². The summed E-state index contributed by atoms with van der Waals surface area (Å²) in [5, 5.41) is 12.0. The van der Waals surface area contributed by atoms with Crippen molar-refractivity contribution < 1.29 is 0 Å². The summed E-state index contributed by atoms with van der Waals surface area (Å²) in [7, 11) is 3.65. The molecule has 1 N–H and O–H groups in total. The van der Waals surface area contributed by atoms with E-state index in [0.717, 1.165) is 5.69 Å². The van der Waals surface area contributed by atoms with E-state index in [0.29, 0.717) is 17.2 Å². The first kappa shape index (κ1) is 11.9. The van der Waals surface area contributed by atoms with Crippen molar-refractivity contribution in [3.63, 3.8) is 0 Å². The molecule has 0 unspecified atom stereocenters. The molecule has 0 amide bonds. The van der Waals surface area contributed by atoms with Crippen LogP contribution in [0.4, 0.5) is 17.3 Å². The van der Waals surface area contributed by atoms with E-state index in [1.165, 1.54) is 0 Å². The molecule has 2 rings (SSSR count). The summed E-state index contributed by atoms with van der Waals surface area (Å²) in [5.74, 6) is 1.37. The quantitative estimate of drug-likeness (QED) is 0.889. The predicted molar refractivity (Wildman–Crippen MR) is 70.8 cm³/mol. The zero-order chi connectivity index (χ0) is 13.0. The number of rotatable bonds is 3. The van der Waals surface area contributed by atoms with Crippen molar-refractivity contribution in [3.05, 3.63) is 42.2 Å². The maximum absolute atomic E-state index is 9.09. The van der Waals surface area contributed by atoms with E-state index in [4.69, 9.17) is 5.26 Å². The lowest BCUT2D eigenvalue weighted by atomic mass is 10.2. The van der Waals surface area contributed by atoms with Gasteiger partial charge in [-0.25, -0.2) is 4.98 Å². The molecule has 1 heterocycles. The van der Waals surface area contributed by atoms with Gasteiger partial charge in [-0.05, 0) is 12.1 Å². The van der Waals surface area contributed by atoms with E-state index in [1.807, 2.05) is 30.1 Å². The van der Waals surface area contributed by atoms with Crippen LogP contribution in [0.25, 0.3) is 0 Å². The number of benzene rings is 1. The molecule has 18 heavy (non-hydrogen) atoms. The monoisotopic (exact) mass is 239 g/mol. The number of nitriles is 1. The summed E-state index contributed by atoms with van der Waals surface area (Å²) in [6.07, 6.45) is 3.31. The standard InChI is InChI=1S/C13H13N5/c1-15-12-8-16-9-13(17-12)18(2)11-6-4-3-5-10(11)7-14/h3-6,8-9H,1-2H3,(H,15,17). The number of para-hydroxylation sites is 1. The van der Waals surface area contributed by atoms with Crippen molar-refractivity contribution in [2.45, 2.75) is 0 Å². The van der Waals surface area contributed by atoms with Gasteiger partial charge in [-0.15, -0.1) is 0 Å². The first-order valence-corrected chi connectivity index (χ1v) is 5.49. The molecule has 0 aliphatic rings. The van der Waals surface area contributed by atoms with Crippen LogP contribution in [0.2, 0.25) is 0 Å². The first-order valence-electron chi connectivity index (χ1n) is 5.49. The van der Waals surface area contributed by atoms with Crippen LogP contribution in [0.5, 0.6) is 0 Å². The van der Waals surface area contributed by atoms with E-state index in [2.05, 4.69) is 21.4 Å². The van der Waals surface area contributed by atoms with Gasteiger partial charge in [0.1, 0.15) is 11.9 Å². The Morgan fingerprint density at radius 2 is 2.06 bits per heavy atom. The van der Waals surface area contributed by atoms with Crippen molar-refractivity contribution >= 4 is 17.3 Å². The summed E-state index contributed by atoms with van der Waals surface area (Å²) in [6.45, 7) is 0. The van der Waals surface area contributed by atoms with Crippen LogP contribution in [-0.2, 0) is 0 Å². The summed E-state index contributed by atoms with van der Waals surface area (Å²) in [6, 6.07) is 9.56. The normalized spacial score (nSPS) is 9.61. The van der Waals surface area contributed by atoms with Gasteiger partial charge in [-0.1, -0.05) is 12.1 Å². The van der Waals surface area contributed by atoms with Crippen molar-refractivity contribution in [1.82, 2.24) is 9.97 Å². The van der Waals surface area contributed by atoms with E-state index in [1.54, 1.807) is 25.5 Å². The fourth-order valence-corrected chi connectivity index (χ4v) is 1.62. The zero-order valence-corrected chi connectivity index (χ0v) is 10.3. The fraction of sp³-hybridized carbons (Fsp3) is 0.154. The van der Waals surface area contributed by atoms with E-state index >= 15 is 0 Å². The van der Waals surface area contributed by atoms with Gasteiger partial charge in [0.15, 0.2) is 5.82 Å². The maximum Gasteiger partial charge on any atom is 0.153 e. The topological polar surface area (TPSA) is 64.8 Å². The van der Waals surface area contributed by atoms with Crippen LogP contribution in [0.3, 0.4) is 0 Å². The lowest BCUT2D eigenvalue weighted by Gasteiger charge is -2.19. The minimum absolute atomic E-state index is 0.608. The predicted octanol–water partition coefficient (Wildman–Crippen LogP) is 2.16. The Morgan fingerprint density at radius 1 is 1.28 bits per heavy atom. The molecule has 0 saturated carbocycles. The number of aromatic nitrogens is 2. The molecule has 2 aromatic rings. The Balaban J connectivity index is 2.41. The zero-order valence-electron chi connectivity index (χ0n) is 10.3. The molecule has 0 aliphatic heterocycles. The van der Waals surface area contributed by atoms with E-state index < -0.39 is 0 Å². The molecular weight excluding hydrogens is 226 g/mol. The van der Waals surface area contributed by atoms with Gasteiger partial charge in [-0.2, -0.15) is 5.26 Å². The van der Waals surface area contributed by atoms with Gasteiger partial charge in [-0.3, -0.25) is 4.98 Å². The second-order valence-corrected chi connectivity index (χ2v) is 3.70. The molecule has 90 valence electrons. The van der Waals surface area contributed by atoms with E-state index in [-0.39, 0.29) is 0 Å². The van der Waals surface area contributed by atoms with Gasteiger partial charge in [0.05, 0.1) is 23.6 Å². The minimum atomic E-state index is 0.608. The highest BCUT2D eigenvalue weighted by molar-refractivity contribution is 5.66. The average molecular weight is 239 g/mol. The van der Waals surface area contributed by atoms with Crippen LogP contribution in [0.1, 0.15) is 5.56 Å². The molecule has 5 heteroatoms. The number of hydrogen-bond acceptors (Lipinski definition) is 5. The molecule has 0 bridgehead atoms. The van der Waals surface area contributed by atoms with Crippen molar-refractivity contribution in [1.29, 1.82) is 5.26 Å². The van der Waals surface area contributed by atoms with Gasteiger partial charge in [0.25, 0.3) is 0 Å². The first-order chi connectivity index (χ1) is 8.76. The van der Waals surface area contributed by atoms with Gasteiger partial charge >= 0.3 is 0 Å². The molecule has 0 fully saturated rings. The molecule has 0 spiro atoms. The van der Waals surface area contributed by atoms with Crippen LogP contribution < -0.4 is 10.2 Å². The van der Waals surface area contributed by atoms with Gasteiger partial charge in [0.2, 0.25) is 0 Å². The Bertz CT molecular complexity index is 588. The number of nitrogens with one attached hydrogen (secondary N) is 1. The fourth-order valence-electron chi connectivity index (χ4n) is 1.62. The summed E-state index contributed by atoms with van der Waals surface area (Å²) >= 11 is 0. The summed E-state index contributed by atoms with van der Waals surface area (Å²) < 4.78 is 0. The number of nitrogens with zero attached hydrogens (tertiary/aromatic N) is 4. The highest BCUT2D eigenvalue weighted by atomic mass is 15.2.